The summed E-state index contributed by atoms with van der Waals surface area (Å²) in [4.78, 5) is 0. The van der Waals surface area contributed by atoms with Crippen LogP contribution >= 0.6 is 22.6 Å². The van der Waals surface area contributed by atoms with Crippen molar-refractivity contribution in [1.82, 2.24) is 0 Å². The van der Waals surface area contributed by atoms with Crippen LogP contribution in [0.15, 0.2) is 48.5 Å². The average molecular weight is 380 g/mol. The first kappa shape index (κ1) is 14.0. The van der Waals surface area contributed by atoms with Crippen LogP contribution in [0.25, 0.3) is 0 Å². The zero-order valence-electron chi connectivity index (χ0n) is 9.45. The van der Waals surface area contributed by atoms with Crippen molar-refractivity contribution in [2.45, 2.75) is 6.36 Å². The third-order valence-electron chi connectivity index (χ3n) is 2.11. The maximum Gasteiger partial charge on any atom is 0.573 e. The fourth-order valence-electron chi connectivity index (χ4n) is 1.35. The van der Waals surface area contributed by atoms with E-state index in [1.165, 1.54) is 24.3 Å². The molecule has 2 aromatic carbocycles. The first-order chi connectivity index (χ1) is 8.92. The van der Waals surface area contributed by atoms with E-state index >= 15 is 0 Å². The fraction of sp³-hybridized carbons (Fsp3) is 0.0769. The summed E-state index contributed by atoms with van der Waals surface area (Å²) in [5.41, 5.74) is 0. The highest BCUT2D eigenvalue weighted by molar-refractivity contribution is 14.1. The Balaban J connectivity index is 2.04. The topological polar surface area (TPSA) is 18.5 Å². The van der Waals surface area contributed by atoms with Crippen LogP contribution in [0.5, 0.6) is 17.2 Å². The Kier molecular flexibility index (Phi) is 4.18. The Morgan fingerprint density at radius 1 is 0.737 bits per heavy atom. The van der Waals surface area contributed by atoms with Crippen LogP contribution in [0.2, 0.25) is 0 Å². The predicted molar refractivity (Wildman–Crippen MR) is 72.4 cm³/mol. The number of halogens is 4. The van der Waals surface area contributed by atoms with Gasteiger partial charge in [0.2, 0.25) is 0 Å². The quantitative estimate of drug-likeness (QED) is 0.700. The van der Waals surface area contributed by atoms with Gasteiger partial charge in [0.05, 0.1) is 0 Å². The number of alkyl halides is 3. The molecule has 0 bridgehead atoms. The van der Waals surface area contributed by atoms with E-state index in [0.29, 0.717) is 11.5 Å². The summed E-state index contributed by atoms with van der Waals surface area (Å²) in [5.74, 6) is 0.781. The van der Waals surface area contributed by atoms with E-state index in [-0.39, 0.29) is 5.75 Å². The maximum absolute atomic E-state index is 12.0. The van der Waals surface area contributed by atoms with Gasteiger partial charge in [-0.3, -0.25) is 0 Å². The van der Waals surface area contributed by atoms with Crippen LogP contribution < -0.4 is 9.47 Å². The molecule has 0 radical (unpaired) electrons. The lowest BCUT2D eigenvalue weighted by molar-refractivity contribution is -0.274. The molecule has 0 spiro atoms. The SMILES string of the molecule is FC(F)(F)Oc1ccc(Oc2ccc(I)cc2)cc1. The van der Waals surface area contributed by atoms with E-state index in [9.17, 15) is 13.2 Å². The second-order valence-corrected chi connectivity index (χ2v) is 4.82. The number of benzene rings is 2. The van der Waals surface area contributed by atoms with E-state index in [2.05, 4.69) is 27.3 Å². The lowest BCUT2D eigenvalue weighted by atomic mass is 10.3. The highest BCUT2D eigenvalue weighted by Crippen LogP contribution is 2.27. The van der Waals surface area contributed by atoms with Crippen LogP contribution in [-0.4, -0.2) is 6.36 Å². The molecular weight excluding hydrogens is 372 g/mol. The molecule has 0 fully saturated rings. The molecule has 2 aromatic rings. The Morgan fingerprint density at radius 3 is 1.63 bits per heavy atom. The molecule has 0 aromatic heterocycles. The monoisotopic (exact) mass is 380 g/mol. The summed E-state index contributed by atoms with van der Waals surface area (Å²) in [6, 6.07) is 12.5. The van der Waals surface area contributed by atoms with Crippen molar-refractivity contribution < 1.29 is 22.6 Å². The molecule has 19 heavy (non-hydrogen) atoms. The van der Waals surface area contributed by atoms with Crippen LogP contribution in [0, 0.1) is 3.57 Å². The van der Waals surface area contributed by atoms with Gasteiger partial charge in [0.15, 0.2) is 0 Å². The van der Waals surface area contributed by atoms with Crippen LogP contribution in [0.4, 0.5) is 13.2 Å². The van der Waals surface area contributed by atoms with E-state index in [1.807, 2.05) is 12.1 Å². The lowest BCUT2D eigenvalue weighted by Gasteiger charge is -2.10. The minimum atomic E-state index is -4.68. The van der Waals surface area contributed by atoms with Crippen molar-refractivity contribution in [1.29, 1.82) is 0 Å². The molecule has 6 heteroatoms. The molecule has 0 aliphatic carbocycles. The summed E-state index contributed by atoms with van der Waals surface area (Å²) in [6.07, 6.45) is -4.68. The molecule has 0 saturated carbocycles. The number of ether oxygens (including phenoxy) is 2. The van der Waals surface area contributed by atoms with Gasteiger partial charge in [-0.1, -0.05) is 0 Å². The third kappa shape index (κ3) is 4.62. The van der Waals surface area contributed by atoms with E-state index in [0.717, 1.165) is 3.57 Å². The summed E-state index contributed by atoms with van der Waals surface area (Å²) in [5, 5.41) is 0. The summed E-state index contributed by atoms with van der Waals surface area (Å²) >= 11 is 2.17. The van der Waals surface area contributed by atoms with E-state index in [1.54, 1.807) is 12.1 Å². The number of hydrogen-bond donors (Lipinski definition) is 0. The smallest absolute Gasteiger partial charge is 0.457 e. The van der Waals surface area contributed by atoms with Crippen LogP contribution in [0.1, 0.15) is 0 Å². The maximum atomic E-state index is 12.0. The van der Waals surface area contributed by atoms with Crippen molar-refractivity contribution in [3.8, 4) is 17.2 Å². The van der Waals surface area contributed by atoms with Gasteiger partial charge < -0.3 is 9.47 Å². The minimum Gasteiger partial charge on any atom is -0.457 e. The van der Waals surface area contributed by atoms with Crippen molar-refractivity contribution >= 4 is 22.6 Å². The molecule has 0 atom stereocenters. The van der Waals surface area contributed by atoms with Crippen LogP contribution in [-0.2, 0) is 0 Å². The highest BCUT2D eigenvalue weighted by atomic mass is 127. The predicted octanol–water partition coefficient (Wildman–Crippen LogP) is 4.98. The Morgan fingerprint density at radius 2 is 1.16 bits per heavy atom. The molecule has 0 saturated heterocycles. The van der Waals surface area contributed by atoms with Crippen molar-refractivity contribution in [3.05, 3.63) is 52.1 Å². The van der Waals surface area contributed by atoms with Gasteiger partial charge in [-0.05, 0) is 71.1 Å². The van der Waals surface area contributed by atoms with Gasteiger partial charge in [0.1, 0.15) is 17.2 Å². The summed E-state index contributed by atoms with van der Waals surface area (Å²) in [7, 11) is 0. The van der Waals surface area contributed by atoms with Crippen LogP contribution in [0.3, 0.4) is 0 Å². The average Bonchev–Trinajstić information content (AvgIpc) is 2.33. The van der Waals surface area contributed by atoms with Gasteiger partial charge >= 0.3 is 6.36 Å². The highest BCUT2D eigenvalue weighted by Gasteiger charge is 2.30. The first-order valence-electron chi connectivity index (χ1n) is 5.22. The minimum absolute atomic E-state index is 0.275. The van der Waals surface area contributed by atoms with Gasteiger partial charge in [-0.2, -0.15) is 0 Å². The normalized spacial score (nSPS) is 11.2. The Bertz CT molecular complexity index is 535. The largest absolute Gasteiger partial charge is 0.573 e. The van der Waals surface area contributed by atoms with Gasteiger partial charge in [0, 0.05) is 3.57 Å². The van der Waals surface area contributed by atoms with Crippen molar-refractivity contribution in [2.24, 2.45) is 0 Å². The molecule has 100 valence electrons. The number of rotatable bonds is 3. The Hall–Kier alpha value is -1.44. The fourth-order valence-corrected chi connectivity index (χ4v) is 1.71. The zero-order chi connectivity index (χ0) is 13.9. The molecular formula is C13H8F3IO2. The molecule has 0 N–H and O–H groups in total. The lowest BCUT2D eigenvalue weighted by Crippen LogP contribution is -2.16. The van der Waals surface area contributed by atoms with E-state index in [4.69, 9.17) is 4.74 Å². The molecule has 2 nitrogen and oxygen atoms in total. The summed E-state index contributed by atoms with van der Waals surface area (Å²) < 4.78 is 46.2. The first-order valence-corrected chi connectivity index (χ1v) is 6.29. The zero-order valence-corrected chi connectivity index (χ0v) is 11.6. The Labute approximate surface area is 121 Å². The molecule has 2 rings (SSSR count). The van der Waals surface area contributed by atoms with Gasteiger partial charge in [-0.15, -0.1) is 13.2 Å². The number of hydrogen-bond acceptors (Lipinski definition) is 2. The molecule has 0 aliphatic rings. The molecule has 0 aliphatic heterocycles. The third-order valence-corrected chi connectivity index (χ3v) is 2.83. The molecule has 0 unspecified atom stereocenters. The summed E-state index contributed by atoms with van der Waals surface area (Å²) in [6.45, 7) is 0. The second-order valence-electron chi connectivity index (χ2n) is 3.58. The molecule has 0 amide bonds. The van der Waals surface area contributed by atoms with Crippen molar-refractivity contribution in [3.63, 3.8) is 0 Å². The second kappa shape index (κ2) is 5.68. The van der Waals surface area contributed by atoms with E-state index < -0.39 is 6.36 Å². The standard InChI is InChI=1S/C13H8F3IO2/c14-13(15,16)19-12-7-5-11(6-8-12)18-10-3-1-9(17)2-4-10/h1-8H. The van der Waals surface area contributed by atoms with Gasteiger partial charge in [-0.25, -0.2) is 0 Å². The van der Waals surface area contributed by atoms with Gasteiger partial charge in [0.25, 0.3) is 0 Å². The molecule has 0 heterocycles. The van der Waals surface area contributed by atoms with Crippen molar-refractivity contribution in [2.75, 3.05) is 0 Å².